The summed E-state index contributed by atoms with van der Waals surface area (Å²) in [5.41, 5.74) is 2.08. The summed E-state index contributed by atoms with van der Waals surface area (Å²) >= 11 is 0. The SMILES string of the molecule is COc1cc(CN(Cc2ccc3c(c2)OCO3)CC(C)O)ccc1O. The maximum absolute atomic E-state index is 9.83. The van der Waals surface area contributed by atoms with E-state index in [9.17, 15) is 10.2 Å². The summed E-state index contributed by atoms with van der Waals surface area (Å²) in [4.78, 5) is 2.13. The van der Waals surface area contributed by atoms with Crippen LogP contribution in [0.3, 0.4) is 0 Å². The summed E-state index contributed by atoms with van der Waals surface area (Å²) in [6, 6.07) is 11.2. The third kappa shape index (κ3) is 4.35. The molecule has 0 spiro atoms. The second-order valence-electron chi connectivity index (χ2n) is 6.21. The lowest BCUT2D eigenvalue weighted by Crippen LogP contribution is -2.30. The van der Waals surface area contributed by atoms with Gasteiger partial charge >= 0.3 is 0 Å². The van der Waals surface area contributed by atoms with Crippen molar-refractivity contribution >= 4 is 0 Å². The molecule has 2 aromatic carbocycles. The van der Waals surface area contributed by atoms with Crippen molar-refractivity contribution in [1.29, 1.82) is 0 Å². The number of aliphatic hydroxyl groups is 1. The van der Waals surface area contributed by atoms with Crippen LogP contribution in [0, 0.1) is 0 Å². The molecule has 2 aromatic rings. The van der Waals surface area contributed by atoms with Crippen molar-refractivity contribution in [3.63, 3.8) is 0 Å². The quantitative estimate of drug-likeness (QED) is 0.803. The number of aliphatic hydroxyl groups excluding tert-OH is 1. The summed E-state index contributed by atoms with van der Waals surface area (Å²) < 4.78 is 15.9. The molecule has 0 radical (unpaired) electrons. The fourth-order valence-corrected chi connectivity index (χ4v) is 2.93. The Balaban J connectivity index is 1.75. The van der Waals surface area contributed by atoms with Gasteiger partial charge in [0.05, 0.1) is 13.2 Å². The van der Waals surface area contributed by atoms with Crippen LogP contribution in [0.1, 0.15) is 18.1 Å². The molecule has 134 valence electrons. The van der Waals surface area contributed by atoms with Crippen LogP contribution in [-0.4, -0.2) is 41.7 Å². The van der Waals surface area contributed by atoms with E-state index in [0.29, 0.717) is 25.4 Å². The van der Waals surface area contributed by atoms with Gasteiger partial charge in [0.25, 0.3) is 0 Å². The van der Waals surface area contributed by atoms with Gasteiger partial charge in [0.2, 0.25) is 6.79 Å². The number of fused-ring (bicyclic) bond motifs is 1. The molecule has 0 saturated heterocycles. The van der Waals surface area contributed by atoms with Crippen LogP contribution in [0.2, 0.25) is 0 Å². The van der Waals surface area contributed by atoms with Gasteiger partial charge in [-0.3, -0.25) is 4.90 Å². The van der Waals surface area contributed by atoms with Crippen molar-refractivity contribution in [1.82, 2.24) is 4.90 Å². The van der Waals surface area contributed by atoms with Crippen LogP contribution >= 0.6 is 0 Å². The zero-order chi connectivity index (χ0) is 17.8. The molecule has 0 fully saturated rings. The molecule has 1 aliphatic heterocycles. The first-order valence-electron chi connectivity index (χ1n) is 8.20. The minimum absolute atomic E-state index is 0.115. The molecule has 6 heteroatoms. The minimum atomic E-state index is -0.451. The van der Waals surface area contributed by atoms with Gasteiger partial charge < -0.3 is 24.4 Å². The molecule has 0 aliphatic carbocycles. The van der Waals surface area contributed by atoms with Crippen LogP contribution < -0.4 is 14.2 Å². The fraction of sp³-hybridized carbons (Fsp3) is 0.368. The topological polar surface area (TPSA) is 71.4 Å². The Morgan fingerprint density at radius 3 is 2.48 bits per heavy atom. The van der Waals surface area contributed by atoms with Crippen molar-refractivity contribution in [3.05, 3.63) is 47.5 Å². The van der Waals surface area contributed by atoms with Crippen molar-refractivity contribution in [2.24, 2.45) is 0 Å². The maximum Gasteiger partial charge on any atom is 0.231 e. The normalized spacial score (nSPS) is 13.9. The molecule has 0 saturated carbocycles. The van der Waals surface area contributed by atoms with Gasteiger partial charge in [0.15, 0.2) is 23.0 Å². The number of benzene rings is 2. The predicted molar refractivity (Wildman–Crippen MR) is 93.0 cm³/mol. The summed E-state index contributed by atoms with van der Waals surface area (Å²) in [5, 5.41) is 19.6. The molecule has 0 aromatic heterocycles. The molecule has 1 unspecified atom stereocenters. The smallest absolute Gasteiger partial charge is 0.231 e. The lowest BCUT2D eigenvalue weighted by atomic mass is 10.1. The van der Waals surface area contributed by atoms with Crippen LogP contribution in [0.5, 0.6) is 23.0 Å². The summed E-state index contributed by atoms with van der Waals surface area (Å²) in [5.74, 6) is 2.07. The predicted octanol–water partition coefficient (Wildman–Crippen LogP) is 2.51. The van der Waals surface area contributed by atoms with E-state index in [-0.39, 0.29) is 12.5 Å². The van der Waals surface area contributed by atoms with Crippen LogP contribution in [0.4, 0.5) is 0 Å². The Bertz CT molecular complexity index is 719. The van der Waals surface area contributed by atoms with Gasteiger partial charge in [-0.25, -0.2) is 0 Å². The zero-order valence-corrected chi connectivity index (χ0v) is 14.4. The minimum Gasteiger partial charge on any atom is -0.504 e. The standard InChI is InChI=1S/C19H23NO5/c1-13(21)9-20(10-14-3-5-16(22)18(7-14)23-2)11-15-4-6-17-19(8-15)25-12-24-17/h3-8,13,21-22H,9-12H2,1-2H3. The maximum atomic E-state index is 9.83. The highest BCUT2D eigenvalue weighted by Gasteiger charge is 2.16. The van der Waals surface area contributed by atoms with Gasteiger partial charge in [-0.05, 0) is 42.3 Å². The van der Waals surface area contributed by atoms with E-state index < -0.39 is 6.10 Å². The first-order chi connectivity index (χ1) is 12.0. The Morgan fingerprint density at radius 1 is 1.08 bits per heavy atom. The molecule has 1 atom stereocenters. The first kappa shape index (κ1) is 17.4. The van der Waals surface area contributed by atoms with Crippen LogP contribution in [0.25, 0.3) is 0 Å². The van der Waals surface area contributed by atoms with E-state index in [4.69, 9.17) is 14.2 Å². The summed E-state index contributed by atoms with van der Waals surface area (Å²) in [6.45, 7) is 3.83. The van der Waals surface area contributed by atoms with Crippen LogP contribution in [-0.2, 0) is 13.1 Å². The van der Waals surface area contributed by atoms with Crippen molar-refractivity contribution in [2.75, 3.05) is 20.4 Å². The van der Waals surface area contributed by atoms with E-state index in [0.717, 1.165) is 22.6 Å². The van der Waals surface area contributed by atoms with Gasteiger partial charge in [-0.15, -0.1) is 0 Å². The van der Waals surface area contributed by atoms with Gasteiger partial charge in [-0.1, -0.05) is 12.1 Å². The second-order valence-corrected chi connectivity index (χ2v) is 6.21. The molecular formula is C19H23NO5. The molecule has 0 bridgehead atoms. The molecule has 1 heterocycles. The first-order valence-corrected chi connectivity index (χ1v) is 8.20. The van der Waals surface area contributed by atoms with Crippen molar-refractivity contribution in [2.45, 2.75) is 26.1 Å². The Morgan fingerprint density at radius 2 is 1.76 bits per heavy atom. The van der Waals surface area contributed by atoms with E-state index in [1.54, 1.807) is 13.0 Å². The van der Waals surface area contributed by atoms with Crippen molar-refractivity contribution < 1.29 is 24.4 Å². The molecule has 6 nitrogen and oxygen atoms in total. The highest BCUT2D eigenvalue weighted by Crippen LogP contribution is 2.33. The summed E-state index contributed by atoms with van der Waals surface area (Å²) in [6.07, 6.45) is -0.451. The Hall–Kier alpha value is -2.44. The number of ether oxygens (including phenoxy) is 3. The number of phenolic OH excluding ortho intramolecular Hbond substituents is 1. The van der Waals surface area contributed by atoms with E-state index in [1.807, 2.05) is 30.3 Å². The number of nitrogens with zero attached hydrogens (tertiary/aromatic N) is 1. The van der Waals surface area contributed by atoms with Gasteiger partial charge in [0, 0.05) is 19.6 Å². The molecule has 0 amide bonds. The Labute approximate surface area is 147 Å². The highest BCUT2D eigenvalue weighted by atomic mass is 16.7. The van der Waals surface area contributed by atoms with Crippen LogP contribution in [0.15, 0.2) is 36.4 Å². The fourth-order valence-electron chi connectivity index (χ4n) is 2.93. The van der Waals surface area contributed by atoms with Gasteiger partial charge in [-0.2, -0.15) is 0 Å². The zero-order valence-electron chi connectivity index (χ0n) is 14.4. The number of hydrogen-bond donors (Lipinski definition) is 2. The number of methoxy groups -OCH3 is 1. The van der Waals surface area contributed by atoms with Crippen molar-refractivity contribution in [3.8, 4) is 23.0 Å². The number of rotatable bonds is 7. The van der Waals surface area contributed by atoms with E-state index >= 15 is 0 Å². The van der Waals surface area contributed by atoms with E-state index in [2.05, 4.69) is 4.90 Å². The molecule has 3 rings (SSSR count). The highest BCUT2D eigenvalue weighted by molar-refractivity contribution is 5.44. The van der Waals surface area contributed by atoms with E-state index in [1.165, 1.54) is 7.11 Å². The Kier molecular flexibility index (Phi) is 5.31. The molecule has 2 N–H and O–H groups in total. The lowest BCUT2D eigenvalue weighted by molar-refractivity contribution is 0.118. The molecule has 1 aliphatic rings. The molecular weight excluding hydrogens is 322 g/mol. The third-order valence-electron chi connectivity index (χ3n) is 4.02. The molecule has 25 heavy (non-hydrogen) atoms. The monoisotopic (exact) mass is 345 g/mol. The van der Waals surface area contributed by atoms with Gasteiger partial charge in [0.1, 0.15) is 0 Å². The second kappa shape index (κ2) is 7.63. The lowest BCUT2D eigenvalue weighted by Gasteiger charge is -2.24. The largest absolute Gasteiger partial charge is 0.504 e. The average molecular weight is 345 g/mol. The number of aromatic hydroxyl groups is 1. The third-order valence-corrected chi connectivity index (χ3v) is 4.02. The summed E-state index contributed by atoms with van der Waals surface area (Å²) in [7, 11) is 1.53. The number of phenols is 1. The number of hydrogen-bond acceptors (Lipinski definition) is 6. The average Bonchev–Trinajstić information content (AvgIpc) is 3.03.